The van der Waals surface area contributed by atoms with E-state index in [-0.39, 0.29) is 24.2 Å². The zero-order chi connectivity index (χ0) is 20.1. The van der Waals surface area contributed by atoms with Gasteiger partial charge in [0.1, 0.15) is 23.9 Å². The lowest BCUT2D eigenvalue weighted by atomic mass is 10.1. The molecule has 0 radical (unpaired) electrons. The molecule has 6 heteroatoms. The maximum absolute atomic E-state index is 12.8. The smallest absolute Gasteiger partial charge is 0.274 e. The fourth-order valence-electron chi connectivity index (χ4n) is 2.86. The number of benzene rings is 2. The van der Waals surface area contributed by atoms with Crippen molar-refractivity contribution in [2.24, 2.45) is 0 Å². The van der Waals surface area contributed by atoms with Crippen LogP contribution < -0.4 is 14.8 Å². The molecule has 0 fully saturated rings. The average Bonchev–Trinajstić information content (AvgIpc) is 3.07. The molecule has 0 bridgehead atoms. The van der Waals surface area contributed by atoms with Crippen LogP contribution in [0.1, 0.15) is 45.9 Å². The van der Waals surface area contributed by atoms with Gasteiger partial charge in [0.25, 0.3) is 5.91 Å². The summed E-state index contributed by atoms with van der Waals surface area (Å²) in [4.78, 5) is 12.8. The van der Waals surface area contributed by atoms with Crippen molar-refractivity contribution in [2.45, 2.75) is 33.4 Å². The molecule has 6 nitrogen and oxygen atoms in total. The Morgan fingerprint density at radius 2 is 1.89 bits per heavy atom. The van der Waals surface area contributed by atoms with E-state index in [0.29, 0.717) is 11.3 Å². The summed E-state index contributed by atoms with van der Waals surface area (Å²) in [7, 11) is 1.61. The molecule has 3 rings (SSSR count). The highest BCUT2D eigenvalue weighted by atomic mass is 16.5. The summed E-state index contributed by atoms with van der Waals surface area (Å²) in [6.45, 7) is 5.87. The summed E-state index contributed by atoms with van der Waals surface area (Å²) >= 11 is 0. The number of nitrogens with zero attached hydrogens (tertiary/aromatic N) is 1. The van der Waals surface area contributed by atoms with Gasteiger partial charge < -0.3 is 19.3 Å². The highest BCUT2D eigenvalue weighted by Crippen LogP contribution is 2.21. The van der Waals surface area contributed by atoms with Crippen molar-refractivity contribution in [1.82, 2.24) is 10.5 Å². The Morgan fingerprint density at radius 1 is 1.14 bits per heavy atom. The van der Waals surface area contributed by atoms with Crippen LogP contribution in [-0.4, -0.2) is 18.2 Å². The van der Waals surface area contributed by atoms with E-state index in [9.17, 15) is 4.79 Å². The highest BCUT2D eigenvalue weighted by molar-refractivity contribution is 5.94. The van der Waals surface area contributed by atoms with Crippen molar-refractivity contribution >= 4 is 5.91 Å². The molecule has 28 heavy (non-hydrogen) atoms. The first-order valence-corrected chi connectivity index (χ1v) is 9.07. The Labute approximate surface area is 164 Å². The van der Waals surface area contributed by atoms with E-state index in [4.69, 9.17) is 14.0 Å². The van der Waals surface area contributed by atoms with Crippen LogP contribution in [0.15, 0.2) is 53.1 Å². The third-order valence-corrected chi connectivity index (χ3v) is 4.51. The predicted molar refractivity (Wildman–Crippen MR) is 106 cm³/mol. The summed E-state index contributed by atoms with van der Waals surface area (Å²) in [5, 5.41) is 6.89. The first-order chi connectivity index (χ1) is 13.5. The second-order valence-corrected chi connectivity index (χ2v) is 6.64. The SMILES string of the molecule is COc1cccc(C(C)NC(=O)c2noc(C)c2COc2cccc(C)c2)c1. The molecule has 1 N–H and O–H groups in total. The Morgan fingerprint density at radius 3 is 2.64 bits per heavy atom. The maximum Gasteiger partial charge on any atom is 0.274 e. The highest BCUT2D eigenvalue weighted by Gasteiger charge is 2.22. The lowest BCUT2D eigenvalue weighted by Crippen LogP contribution is -2.28. The molecule has 1 aromatic heterocycles. The van der Waals surface area contributed by atoms with Gasteiger partial charge in [-0.2, -0.15) is 0 Å². The van der Waals surface area contributed by atoms with Crippen LogP contribution in [-0.2, 0) is 6.61 Å². The molecular weight excluding hydrogens is 356 g/mol. The summed E-state index contributed by atoms with van der Waals surface area (Å²) in [5.41, 5.74) is 2.91. The van der Waals surface area contributed by atoms with E-state index in [1.165, 1.54) is 0 Å². The van der Waals surface area contributed by atoms with Crippen molar-refractivity contribution in [3.05, 3.63) is 76.7 Å². The fraction of sp³-hybridized carbons (Fsp3) is 0.273. The molecule has 2 aromatic carbocycles. The number of methoxy groups -OCH3 is 1. The van der Waals surface area contributed by atoms with Gasteiger partial charge in [-0.25, -0.2) is 0 Å². The first kappa shape index (κ1) is 19.5. The van der Waals surface area contributed by atoms with Crippen molar-refractivity contribution in [1.29, 1.82) is 0 Å². The number of carbonyl (C=O) groups excluding carboxylic acids is 1. The Balaban J connectivity index is 1.71. The van der Waals surface area contributed by atoms with Gasteiger partial charge in [-0.05, 0) is 56.2 Å². The number of hydrogen-bond donors (Lipinski definition) is 1. The lowest BCUT2D eigenvalue weighted by Gasteiger charge is -2.15. The number of aromatic nitrogens is 1. The monoisotopic (exact) mass is 380 g/mol. The number of nitrogens with one attached hydrogen (secondary N) is 1. The third-order valence-electron chi connectivity index (χ3n) is 4.51. The van der Waals surface area contributed by atoms with Gasteiger partial charge in [-0.3, -0.25) is 4.79 Å². The molecule has 0 aliphatic heterocycles. The predicted octanol–water partition coefficient (Wildman–Crippen LogP) is 4.37. The molecule has 1 heterocycles. The molecule has 0 aliphatic rings. The van der Waals surface area contributed by atoms with Gasteiger partial charge in [0.2, 0.25) is 0 Å². The molecule has 1 unspecified atom stereocenters. The number of hydrogen-bond acceptors (Lipinski definition) is 5. The number of ether oxygens (including phenoxy) is 2. The summed E-state index contributed by atoms with van der Waals surface area (Å²) in [6.07, 6.45) is 0. The summed E-state index contributed by atoms with van der Waals surface area (Å²) < 4.78 is 16.3. The minimum atomic E-state index is -0.310. The van der Waals surface area contributed by atoms with Gasteiger partial charge in [0, 0.05) is 0 Å². The average molecular weight is 380 g/mol. The zero-order valence-electron chi connectivity index (χ0n) is 16.5. The minimum Gasteiger partial charge on any atom is -0.497 e. The van der Waals surface area contributed by atoms with Crippen LogP contribution in [0.4, 0.5) is 0 Å². The fourth-order valence-corrected chi connectivity index (χ4v) is 2.86. The summed E-state index contributed by atoms with van der Waals surface area (Å²) in [6, 6.07) is 15.1. The topological polar surface area (TPSA) is 73.6 Å². The first-order valence-electron chi connectivity index (χ1n) is 9.07. The van der Waals surface area contributed by atoms with Crippen LogP contribution in [0.3, 0.4) is 0 Å². The van der Waals surface area contributed by atoms with Gasteiger partial charge in [0.15, 0.2) is 5.69 Å². The van der Waals surface area contributed by atoms with Gasteiger partial charge >= 0.3 is 0 Å². The zero-order valence-corrected chi connectivity index (χ0v) is 16.5. The van der Waals surface area contributed by atoms with Crippen molar-refractivity contribution < 1.29 is 18.8 Å². The van der Waals surface area contributed by atoms with E-state index < -0.39 is 0 Å². The largest absolute Gasteiger partial charge is 0.497 e. The Bertz CT molecular complexity index is 965. The summed E-state index contributed by atoms with van der Waals surface area (Å²) in [5.74, 6) is 1.72. The number of aryl methyl sites for hydroxylation is 2. The molecule has 3 aromatic rings. The number of rotatable bonds is 7. The molecule has 1 amide bonds. The van der Waals surface area contributed by atoms with Gasteiger partial charge in [-0.1, -0.05) is 29.4 Å². The second kappa shape index (κ2) is 8.61. The normalized spacial score (nSPS) is 11.7. The molecule has 0 aliphatic carbocycles. The second-order valence-electron chi connectivity index (χ2n) is 6.64. The third kappa shape index (κ3) is 4.52. The molecule has 146 valence electrons. The molecule has 1 atom stereocenters. The number of amides is 1. The van der Waals surface area contributed by atoms with Crippen LogP contribution in [0.5, 0.6) is 11.5 Å². The van der Waals surface area contributed by atoms with E-state index in [1.807, 2.05) is 62.4 Å². The van der Waals surface area contributed by atoms with E-state index >= 15 is 0 Å². The van der Waals surface area contributed by atoms with Crippen molar-refractivity contribution in [3.8, 4) is 11.5 Å². The maximum atomic E-state index is 12.8. The Hall–Kier alpha value is -3.28. The van der Waals surface area contributed by atoms with E-state index in [2.05, 4.69) is 10.5 Å². The van der Waals surface area contributed by atoms with Gasteiger partial charge in [-0.15, -0.1) is 0 Å². The van der Waals surface area contributed by atoms with Crippen molar-refractivity contribution in [2.75, 3.05) is 7.11 Å². The van der Waals surface area contributed by atoms with E-state index in [0.717, 1.165) is 22.6 Å². The number of carbonyl (C=O) groups is 1. The quantitative estimate of drug-likeness (QED) is 0.659. The van der Waals surface area contributed by atoms with Crippen molar-refractivity contribution in [3.63, 3.8) is 0 Å². The van der Waals surface area contributed by atoms with Crippen LogP contribution in [0.25, 0.3) is 0 Å². The van der Waals surface area contributed by atoms with Gasteiger partial charge in [0.05, 0.1) is 18.7 Å². The molecule has 0 saturated heterocycles. The lowest BCUT2D eigenvalue weighted by molar-refractivity contribution is 0.0928. The van der Waals surface area contributed by atoms with Crippen LogP contribution in [0.2, 0.25) is 0 Å². The van der Waals surface area contributed by atoms with Crippen LogP contribution >= 0.6 is 0 Å². The minimum absolute atomic E-state index is 0.203. The molecule has 0 saturated carbocycles. The van der Waals surface area contributed by atoms with E-state index in [1.54, 1.807) is 14.0 Å². The van der Waals surface area contributed by atoms with Crippen LogP contribution in [0, 0.1) is 13.8 Å². The standard InChI is InChI=1S/C22H24N2O4/c1-14-7-5-10-19(11-14)27-13-20-16(3)28-24-21(20)22(25)23-15(2)17-8-6-9-18(12-17)26-4/h5-12,15H,13H2,1-4H3,(H,23,25). The molecule has 0 spiro atoms. The Kier molecular flexibility index (Phi) is 5.99. The molecular formula is C22H24N2O4.